The highest BCUT2D eigenvalue weighted by Gasteiger charge is 2.17. The number of hydrogen-bond acceptors (Lipinski definition) is 6. The van der Waals surface area contributed by atoms with Crippen LogP contribution in [0.25, 0.3) is 0 Å². The molecule has 29 heavy (non-hydrogen) atoms. The first-order valence-corrected chi connectivity index (χ1v) is 10.6. The molecule has 1 aliphatic rings. The molecule has 1 fully saturated rings. The first kappa shape index (κ1) is 21.4. The minimum Gasteiger partial charge on any atom is -0.493 e. The largest absolute Gasteiger partial charge is 0.493 e. The van der Waals surface area contributed by atoms with Gasteiger partial charge in [0, 0.05) is 51.0 Å². The van der Waals surface area contributed by atoms with E-state index in [1.54, 1.807) is 7.11 Å². The number of nitrogens with one attached hydrogen (secondary N) is 1. The van der Waals surface area contributed by atoms with Gasteiger partial charge >= 0.3 is 0 Å². The molecular formula is C23H34N4O2. The van der Waals surface area contributed by atoms with Crippen molar-refractivity contribution in [3.05, 3.63) is 47.7 Å². The molecule has 1 N–H and O–H groups in total. The summed E-state index contributed by atoms with van der Waals surface area (Å²) in [5.74, 6) is 2.71. The van der Waals surface area contributed by atoms with Crippen molar-refractivity contribution in [2.24, 2.45) is 0 Å². The molecule has 0 spiro atoms. The number of methoxy groups -OCH3 is 1. The van der Waals surface area contributed by atoms with Gasteiger partial charge in [-0.25, -0.2) is 4.98 Å². The van der Waals surface area contributed by atoms with Crippen LogP contribution in [0.2, 0.25) is 0 Å². The number of nitrogens with zero attached hydrogens (tertiary/aromatic N) is 3. The zero-order chi connectivity index (χ0) is 20.5. The maximum Gasteiger partial charge on any atom is 0.161 e. The third-order valence-corrected chi connectivity index (χ3v) is 5.30. The number of ether oxygens (including phenoxy) is 2. The molecule has 6 nitrogen and oxygen atoms in total. The van der Waals surface area contributed by atoms with Crippen molar-refractivity contribution in [1.29, 1.82) is 0 Å². The monoisotopic (exact) mass is 398 g/mol. The maximum absolute atomic E-state index is 5.91. The van der Waals surface area contributed by atoms with E-state index in [-0.39, 0.29) is 0 Å². The molecule has 0 bridgehead atoms. The lowest BCUT2D eigenvalue weighted by molar-refractivity contribution is 0.288. The molecule has 0 atom stereocenters. The van der Waals surface area contributed by atoms with E-state index >= 15 is 0 Å². The van der Waals surface area contributed by atoms with E-state index in [1.165, 1.54) is 11.1 Å². The number of anilines is 1. The highest BCUT2D eigenvalue weighted by atomic mass is 16.5. The Labute approximate surface area is 174 Å². The normalized spacial score (nSPS) is 14.8. The molecule has 6 heteroatoms. The zero-order valence-corrected chi connectivity index (χ0v) is 18.0. The van der Waals surface area contributed by atoms with Crippen LogP contribution in [0.15, 0.2) is 36.5 Å². The van der Waals surface area contributed by atoms with E-state index < -0.39 is 0 Å². The average Bonchev–Trinajstić information content (AvgIpc) is 2.75. The van der Waals surface area contributed by atoms with Gasteiger partial charge in [-0.3, -0.25) is 0 Å². The third-order valence-electron chi connectivity index (χ3n) is 5.30. The van der Waals surface area contributed by atoms with Crippen LogP contribution in [0.4, 0.5) is 5.82 Å². The summed E-state index contributed by atoms with van der Waals surface area (Å²) >= 11 is 0. The zero-order valence-electron chi connectivity index (χ0n) is 18.0. The number of rotatable bonds is 10. The van der Waals surface area contributed by atoms with Crippen molar-refractivity contribution in [2.75, 3.05) is 51.8 Å². The first-order chi connectivity index (χ1) is 14.2. The molecule has 1 saturated heterocycles. The van der Waals surface area contributed by atoms with Crippen LogP contribution >= 0.6 is 0 Å². The number of unbranched alkanes of at least 4 members (excludes halogenated alkanes) is 1. The molecule has 2 aromatic rings. The van der Waals surface area contributed by atoms with Crippen molar-refractivity contribution in [1.82, 2.24) is 15.2 Å². The van der Waals surface area contributed by atoms with Crippen molar-refractivity contribution in [2.45, 2.75) is 32.9 Å². The van der Waals surface area contributed by atoms with E-state index in [4.69, 9.17) is 9.47 Å². The van der Waals surface area contributed by atoms with Gasteiger partial charge in [-0.05, 0) is 37.2 Å². The quantitative estimate of drug-likeness (QED) is 0.620. The second kappa shape index (κ2) is 11.0. The molecule has 1 aromatic carbocycles. The highest BCUT2D eigenvalue weighted by molar-refractivity contribution is 5.47. The van der Waals surface area contributed by atoms with Gasteiger partial charge in [0.05, 0.1) is 13.7 Å². The fourth-order valence-corrected chi connectivity index (χ4v) is 3.48. The SMILES string of the molecule is CCCCOc1cc(CNCc2cccnc2N2CCN(C)CC2)ccc1OC. The van der Waals surface area contributed by atoms with Gasteiger partial charge in [0.1, 0.15) is 5.82 Å². The fraction of sp³-hybridized carbons (Fsp3) is 0.522. The molecule has 0 saturated carbocycles. The van der Waals surface area contributed by atoms with Crippen LogP contribution in [-0.2, 0) is 13.1 Å². The second-order valence-corrected chi connectivity index (χ2v) is 7.57. The Hall–Kier alpha value is -2.31. The van der Waals surface area contributed by atoms with Crippen LogP contribution in [0.3, 0.4) is 0 Å². The van der Waals surface area contributed by atoms with Gasteiger partial charge in [0.25, 0.3) is 0 Å². The second-order valence-electron chi connectivity index (χ2n) is 7.57. The Bertz CT molecular complexity index is 760. The van der Waals surface area contributed by atoms with Gasteiger partial charge in [-0.2, -0.15) is 0 Å². The fourth-order valence-electron chi connectivity index (χ4n) is 3.48. The Morgan fingerprint density at radius 3 is 2.66 bits per heavy atom. The third kappa shape index (κ3) is 6.08. The van der Waals surface area contributed by atoms with Gasteiger partial charge in [-0.1, -0.05) is 25.5 Å². The van der Waals surface area contributed by atoms with E-state index in [2.05, 4.69) is 52.3 Å². The van der Waals surface area contributed by atoms with Crippen molar-refractivity contribution in [3.8, 4) is 11.5 Å². The molecule has 1 aliphatic heterocycles. The molecule has 0 radical (unpaired) electrons. The number of pyridine rings is 1. The molecule has 0 unspecified atom stereocenters. The molecule has 0 amide bonds. The smallest absolute Gasteiger partial charge is 0.161 e. The molecular weight excluding hydrogens is 364 g/mol. The lowest BCUT2D eigenvalue weighted by Gasteiger charge is -2.34. The summed E-state index contributed by atoms with van der Waals surface area (Å²) in [5.41, 5.74) is 2.42. The number of benzene rings is 1. The van der Waals surface area contributed by atoms with Crippen molar-refractivity contribution in [3.63, 3.8) is 0 Å². The summed E-state index contributed by atoms with van der Waals surface area (Å²) in [6, 6.07) is 10.3. The van der Waals surface area contributed by atoms with Gasteiger partial charge in [-0.15, -0.1) is 0 Å². The summed E-state index contributed by atoms with van der Waals surface area (Å²) in [7, 11) is 3.86. The average molecular weight is 399 g/mol. The van der Waals surface area contributed by atoms with E-state index in [0.29, 0.717) is 6.61 Å². The summed E-state index contributed by atoms with van der Waals surface area (Å²) in [6.07, 6.45) is 4.05. The molecule has 3 rings (SSSR count). The number of likely N-dealkylation sites (N-methyl/N-ethyl adjacent to an activating group) is 1. The van der Waals surface area contributed by atoms with Crippen LogP contribution < -0.4 is 19.7 Å². The van der Waals surface area contributed by atoms with Crippen LogP contribution in [0, 0.1) is 0 Å². The van der Waals surface area contributed by atoms with Crippen molar-refractivity contribution >= 4 is 5.82 Å². The van der Waals surface area contributed by atoms with Crippen LogP contribution in [0.1, 0.15) is 30.9 Å². The van der Waals surface area contributed by atoms with E-state index in [0.717, 1.165) is 69.4 Å². The number of piperazine rings is 1. The molecule has 158 valence electrons. The molecule has 0 aliphatic carbocycles. The van der Waals surface area contributed by atoms with Crippen LogP contribution in [0.5, 0.6) is 11.5 Å². The maximum atomic E-state index is 5.91. The van der Waals surface area contributed by atoms with Gasteiger partial charge in [0.15, 0.2) is 11.5 Å². The van der Waals surface area contributed by atoms with Gasteiger partial charge in [0.2, 0.25) is 0 Å². The Balaban J connectivity index is 1.59. The van der Waals surface area contributed by atoms with Crippen LogP contribution in [-0.4, -0.2) is 56.8 Å². The summed E-state index contributed by atoms with van der Waals surface area (Å²) < 4.78 is 11.3. The van der Waals surface area contributed by atoms with Crippen molar-refractivity contribution < 1.29 is 9.47 Å². The topological polar surface area (TPSA) is 49.9 Å². The molecule has 1 aromatic heterocycles. The Kier molecular flexibility index (Phi) is 8.14. The first-order valence-electron chi connectivity index (χ1n) is 10.6. The molecule has 2 heterocycles. The predicted molar refractivity (Wildman–Crippen MR) is 118 cm³/mol. The van der Waals surface area contributed by atoms with E-state index in [1.807, 2.05) is 18.3 Å². The number of aromatic nitrogens is 1. The summed E-state index contributed by atoms with van der Waals surface area (Å²) in [6.45, 7) is 8.64. The highest BCUT2D eigenvalue weighted by Crippen LogP contribution is 2.28. The Morgan fingerprint density at radius 1 is 1.07 bits per heavy atom. The predicted octanol–water partition coefficient (Wildman–Crippen LogP) is 3.31. The van der Waals surface area contributed by atoms with E-state index in [9.17, 15) is 0 Å². The minimum absolute atomic E-state index is 0.716. The minimum atomic E-state index is 0.716. The number of hydrogen-bond donors (Lipinski definition) is 1. The standard InChI is InChI=1S/C23H34N4O2/c1-4-5-15-29-22-16-19(8-9-21(22)28-3)17-24-18-20-7-6-10-25-23(20)27-13-11-26(2)12-14-27/h6-10,16,24H,4-5,11-15,17-18H2,1-3H3. The Morgan fingerprint density at radius 2 is 1.90 bits per heavy atom. The lowest BCUT2D eigenvalue weighted by Crippen LogP contribution is -2.45. The summed E-state index contributed by atoms with van der Waals surface area (Å²) in [5, 5.41) is 3.56. The lowest BCUT2D eigenvalue weighted by atomic mass is 10.1. The summed E-state index contributed by atoms with van der Waals surface area (Å²) in [4.78, 5) is 9.42. The van der Waals surface area contributed by atoms with Gasteiger partial charge < -0.3 is 24.6 Å².